The summed E-state index contributed by atoms with van der Waals surface area (Å²) in [6, 6.07) is 6.64. The molecule has 1 aromatic carbocycles. The summed E-state index contributed by atoms with van der Waals surface area (Å²) in [6.45, 7) is -2.28. The molecular formula is C13H13F2N3O2. The van der Waals surface area contributed by atoms with Gasteiger partial charge in [-0.3, -0.25) is 0 Å². The first kappa shape index (κ1) is 13.0. The maximum Gasteiger partial charge on any atom is 0.387 e. The number of rotatable bonds is 6. The van der Waals surface area contributed by atoms with Gasteiger partial charge < -0.3 is 14.5 Å². The second-order valence-corrected chi connectivity index (χ2v) is 4.56. The maximum absolute atomic E-state index is 12.0. The van der Waals surface area contributed by atoms with Crippen molar-refractivity contribution in [3.63, 3.8) is 0 Å². The van der Waals surface area contributed by atoms with E-state index in [0.717, 1.165) is 0 Å². The summed E-state index contributed by atoms with van der Waals surface area (Å²) >= 11 is 0. The molecule has 20 heavy (non-hydrogen) atoms. The SMILES string of the molecule is FC(F)Oc1ccc(-c2nnc(CNC3CC3)o2)cc1. The molecule has 106 valence electrons. The zero-order valence-corrected chi connectivity index (χ0v) is 10.6. The molecule has 1 N–H and O–H groups in total. The third-order valence-corrected chi connectivity index (χ3v) is 2.91. The van der Waals surface area contributed by atoms with Crippen molar-refractivity contribution in [1.82, 2.24) is 15.5 Å². The van der Waals surface area contributed by atoms with E-state index in [0.29, 0.717) is 29.9 Å². The van der Waals surface area contributed by atoms with Crippen molar-refractivity contribution in [1.29, 1.82) is 0 Å². The molecule has 1 fully saturated rings. The van der Waals surface area contributed by atoms with Crippen LogP contribution in [0.1, 0.15) is 18.7 Å². The molecule has 0 bridgehead atoms. The molecular weight excluding hydrogens is 268 g/mol. The Bertz CT molecular complexity index is 567. The van der Waals surface area contributed by atoms with Crippen LogP contribution in [0.3, 0.4) is 0 Å². The molecule has 1 aliphatic carbocycles. The van der Waals surface area contributed by atoms with Crippen LogP contribution in [-0.2, 0) is 6.54 Å². The Kier molecular flexibility index (Phi) is 3.60. The predicted octanol–water partition coefficient (Wildman–Crippen LogP) is 2.59. The van der Waals surface area contributed by atoms with Crippen molar-refractivity contribution in [2.45, 2.75) is 32.0 Å². The first-order valence-corrected chi connectivity index (χ1v) is 6.32. The van der Waals surface area contributed by atoms with E-state index in [1.54, 1.807) is 12.1 Å². The lowest BCUT2D eigenvalue weighted by Crippen LogP contribution is -2.15. The highest BCUT2D eigenvalue weighted by Crippen LogP contribution is 2.23. The Morgan fingerprint density at radius 3 is 2.65 bits per heavy atom. The highest BCUT2D eigenvalue weighted by molar-refractivity contribution is 5.53. The molecule has 0 aliphatic heterocycles. The van der Waals surface area contributed by atoms with E-state index in [4.69, 9.17) is 4.42 Å². The number of hydrogen-bond donors (Lipinski definition) is 1. The van der Waals surface area contributed by atoms with Crippen LogP contribution < -0.4 is 10.1 Å². The molecule has 5 nitrogen and oxygen atoms in total. The minimum atomic E-state index is -2.83. The predicted molar refractivity (Wildman–Crippen MR) is 66.2 cm³/mol. The lowest BCUT2D eigenvalue weighted by molar-refractivity contribution is -0.0498. The van der Waals surface area contributed by atoms with Gasteiger partial charge in [0.25, 0.3) is 0 Å². The average molecular weight is 281 g/mol. The van der Waals surface area contributed by atoms with E-state index in [1.807, 2.05) is 0 Å². The molecule has 1 saturated carbocycles. The van der Waals surface area contributed by atoms with E-state index in [1.165, 1.54) is 25.0 Å². The number of halogens is 2. The minimum absolute atomic E-state index is 0.0962. The molecule has 0 atom stereocenters. The van der Waals surface area contributed by atoms with Gasteiger partial charge in [-0.15, -0.1) is 10.2 Å². The number of alkyl halides is 2. The van der Waals surface area contributed by atoms with E-state index in [9.17, 15) is 8.78 Å². The molecule has 0 amide bonds. The Balaban J connectivity index is 1.65. The van der Waals surface area contributed by atoms with Crippen molar-refractivity contribution in [2.75, 3.05) is 0 Å². The second kappa shape index (κ2) is 5.54. The van der Waals surface area contributed by atoms with Crippen molar-refractivity contribution in [2.24, 2.45) is 0 Å². The highest BCUT2D eigenvalue weighted by atomic mass is 19.3. The summed E-state index contributed by atoms with van der Waals surface area (Å²) in [7, 11) is 0. The third kappa shape index (κ3) is 3.30. The van der Waals surface area contributed by atoms with Crippen LogP contribution in [0.15, 0.2) is 28.7 Å². The largest absolute Gasteiger partial charge is 0.435 e. The summed E-state index contributed by atoms with van der Waals surface area (Å²) in [5.41, 5.74) is 0.664. The average Bonchev–Trinajstić information content (AvgIpc) is 3.14. The number of benzene rings is 1. The van der Waals surface area contributed by atoms with Gasteiger partial charge in [0.2, 0.25) is 11.8 Å². The number of ether oxygens (including phenoxy) is 1. The molecule has 0 unspecified atom stereocenters. The lowest BCUT2D eigenvalue weighted by atomic mass is 10.2. The number of hydrogen-bond acceptors (Lipinski definition) is 5. The smallest absolute Gasteiger partial charge is 0.387 e. The van der Waals surface area contributed by atoms with Crippen LogP contribution in [0, 0.1) is 0 Å². The molecule has 0 saturated heterocycles. The van der Waals surface area contributed by atoms with E-state index >= 15 is 0 Å². The van der Waals surface area contributed by atoms with E-state index in [-0.39, 0.29) is 5.75 Å². The van der Waals surface area contributed by atoms with Crippen LogP contribution in [0.4, 0.5) is 8.78 Å². The number of nitrogens with one attached hydrogen (secondary N) is 1. The fraction of sp³-hybridized carbons (Fsp3) is 0.385. The number of aromatic nitrogens is 2. The number of nitrogens with zero attached hydrogens (tertiary/aromatic N) is 2. The fourth-order valence-corrected chi connectivity index (χ4v) is 1.74. The van der Waals surface area contributed by atoms with Crippen LogP contribution in [0.5, 0.6) is 5.75 Å². The van der Waals surface area contributed by atoms with Gasteiger partial charge in [0.05, 0.1) is 6.54 Å². The zero-order chi connectivity index (χ0) is 13.9. The quantitative estimate of drug-likeness (QED) is 0.881. The van der Waals surface area contributed by atoms with Gasteiger partial charge in [-0.2, -0.15) is 8.78 Å². The topological polar surface area (TPSA) is 60.2 Å². The van der Waals surface area contributed by atoms with Gasteiger partial charge in [0, 0.05) is 11.6 Å². The second-order valence-electron chi connectivity index (χ2n) is 4.56. The lowest BCUT2D eigenvalue weighted by Gasteiger charge is -2.03. The van der Waals surface area contributed by atoms with Crippen LogP contribution in [0.25, 0.3) is 11.5 Å². The third-order valence-electron chi connectivity index (χ3n) is 2.91. The first-order valence-electron chi connectivity index (χ1n) is 6.32. The van der Waals surface area contributed by atoms with Crippen molar-refractivity contribution in [3.05, 3.63) is 30.2 Å². The van der Waals surface area contributed by atoms with Gasteiger partial charge in [-0.05, 0) is 37.1 Å². The fourth-order valence-electron chi connectivity index (χ4n) is 1.74. The summed E-state index contributed by atoms with van der Waals surface area (Å²) < 4.78 is 33.8. The monoisotopic (exact) mass is 281 g/mol. The highest BCUT2D eigenvalue weighted by Gasteiger charge is 2.21. The van der Waals surface area contributed by atoms with Gasteiger partial charge in [0.1, 0.15) is 5.75 Å². The summed E-state index contributed by atoms with van der Waals surface area (Å²) in [6.07, 6.45) is 2.37. The van der Waals surface area contributed by atoms with Gasteiger partial charge in [0.15, 0.2) is 0 Å². The molecule has 3 rings (SSSR count). The maximum atomic E-state index is 12.0. The van der Waals surface area contributed by atoms with Gasteiger partial charge >= 0.3 is 6.61 Å². The molecule has 1 aromatic heterocycles. The Hall–Kier alpha value is -2.02. The van der Waals surface area contributed by atoms with Crippen LogP contribution >= 0.6 is 0 Å². The summed E-state index contributed by atoms with van der Waals surface area (Å²) in [5.74, 6) is 0.972. The normalized spacial score (nSPS) is 14.8. The molecule has 0 spiro atoms. The Labute approximate surface area is 114 Å². The van der Waals surface area contributed by atoms with Gasteiger partial charge in [-0.1, -0.05) is 0 Å². The van der Waals surface area contributed by atoms with E-state index < -0.39 is 6.61 Å². The first-order chi connectivity index (χ1) is 9.70. The summed E-state index contributed by atoms with van der Waals surface area (Å²) in [4.78, 5) is 0. The minimum Gasteiger partial charge on any atom is -0.435 e. The standard InChI is InChI=1S/C13H13F2N3O2/c14-13(15)19-10-5-1-8(2-6-10)12-18-17-11(20-12)7-16-9-3-4-9/h1-2,5-6,9,13,16H,3-4,7H2. The van der Waals surface area contributed by atoms with Crippen molar-refractivity contribution < 1.29 is 17.9 Å². The molecule has 0 radical (unpaired) electrons. The molecule has 1 heterocycles. The van der Waals surface area contributed by atoms with Crippen molar-refractivity contribution in [3.8, 4) is 17.2 Å². The van der Waals surface area contributed by atoms with Crippen LogP contribution in [0.2, 0.25) is 0 Å². The van der Waals surface area contributed by atoms with E-state index in [2.05, 4.69) is 20.3 Å². The molecule has 7 heteroatoms. The molecule has 2 aromatic rings. The summed E-state index contributed by atoms with van der Waals surface area (Å²) in [5, 5.41) is 11.1. The Morgan fingerprint density at radius 2 is 2.00 bits per heavy atom. The van der Waals surface area contributed by atoms with Crippen molar-refractivity contribution >= 4 is 0 Å². The van der Waals surface area contributed by atoms with Crippen LogP contribution in [-0.4, -0.2) is 22.9 Å². The van der Waals surface area contributed by atoms with Gasteiger partial charge in [-0.25, -0.2) is 0 Å². The zero-order valence-electron chi connectivity index (χ0n) is 10.6. The Morgan fingerprint density at radius 1 is 1.25 bits per heavy atom. The molecule has 1 aliphatic rings.